The molecule has 2 rings (SSSR count). The Bertz CT molecular complexity index is 691. The number of hydrogen-bond donors (Lipinski definition) is 2. The van der Waals surface area contributed by atoms with Crippen molar-refractivity contribution >= 4 is 53.0 Å². The van der Waals surface area contributed by atoms with Gasteiger partial charge in [-0.2, -0.15) is 11.8 Å². The van der Waals surface area contributed by atoms with Crippen LogP contribution in [-0.2, 0) is 18.8 Å². The molecule has 2 N–H and O–H groups in total. The molecule has 8 heteroatoms. The topological polar surface area (TPSA) is 49.3 Å². The third-order valence-corrected chi connectivity index (χ3v) is 5.02. The number of halogens is 2. The Morgan fingerprint density at radius 2 is 2.12 bits per heavy atom. The first-order valence-corrected chi connectivity index (χ1v) is 10.1. The molecule has 0 aliphatic rings. The molecule has 0 saturated heterocycles. The number of aliphatic imine (C=N–C) groups is 1. The quantitative estimate of drug-likeness (QED) is 0.342. The fraction of sp³-hybridized carbons (Fsp3) is 0.412. The molecule has 1 aromatic carbocycles. The maximum atomic E-state index is 13.4. The highest BCUT2D eigenvalue weighted by atomic mass is 127. The van der Waals surface area contributed by atoms with Crippen molar-refractivity contribution in [2.24, 2.45) is 4.99 Å². The van der Waals surface area contributed by atoms with Crippen molar-refractivity contribution in [2.45, 2.75) is 32.7 Å². The van der Waals surface area contributed by atoms with Crippen LogP contribution in [0.3, 0.4) is 0 Å². The first-order chi connectivity index (χ1) is 11.6. The Morgan fingerprint density at radius 3 is 2.76 bits per heavy atom. The number of hydrogen-bond acceptors (Lipinski definition) is 4. The molecule has 0 aliphatic carbocycles. The van der Waals surface area contributed by atoms with Gasteiger partial charge >= 0.3 is 0 Å². The van der Waals surface area contributed by atoms with E-state index in [2.05, 4.69) is 20.6 Å². The minimum absolute atomic E-state index is 0. The van der Waals surface area contributed by atoms with Gasteiger partial charge in [-0.25, -0.2) is 14.4 Å². The molecule has 138 valence electrons. The highest BCUT2D eigenvalue weighted by molar-refractivity contribution is 14.0. The second-order valence-corrected chi connectivity index (χ2v) is 7.06. The third kappa shape index (κ3) is 7.10. The fourth-order valence-corrected chi connectivity index (χ4v) is 3.50. The van der Waals surface area contributed by atoms with E-state index >= 15 is 0 Å². The predicted molar refractivity (Wildman–Crippen MR) is 118 cm³/mol. The molecular formula is C17H24FIN4S2. The SMILES string of the molecule is CCNC(=NCc1ccc(F)cc1CSC)NCc1scnc1C.I. The standard InChI is InChI=1S/C17H23FN4S2.HI/c1-4-19-17(21-9-16-12(2)22-11-24-16)20-8-13-5-6-15(18)7-14(13)10-23-3;/h5-7,11H,4,8-10H2,1-3H3,(H2,19,20,21);1H. The van der Waals surface area contributed by atoms with Gasteiger partial charge in [0.25, 0.3) is 0 Å². The van der Waals surface area contributed by atoms with Crippen molar-refractivity contribution < 1.29 is 4.39 Å². The summed E-state index contributed by atoms with van der Waals surface area (Å²) in [5.74, 6) is 1.34. The lowest BCUT2D eigenvalue weighted by molar-refractivity contribution is 0.625. The van der Waals surface area contributed by atoms with Crippen LogP contribution in [0.2, 0.25) is 0 Å². The summed E-state index contributed by atoms with van der Waals surface area (Å²) in [6, 6.07) is 4.92. The molecule has 2 aromatic rings. The van der Waals surface area contributed by atoms with Crippen LogP contribution in [0.15, 0.2) is 28.7 Å². The smallest absolute Gasteiger partial charge is 0.191 e. The molecule has 0 saturated carbocycles. The van der Waals surface area contributed by atoms with Gasteiger partial charge in [0, 0.05) is 17.2 Å². The van der Waals surface area contributed by atoms with E-state index in [-0.39, 0.29) is 29.8 Å². The maximum absolute atomic E-state index is 13.4. The van der Waals surface area contributed by atoms with E-state index in [0.29, 0.717) is 13.1 Å². The van der Waals surface area contributed by atoms with Crippen molar-refractivity contribution in [3.8, 4) is 0 Å². The van der Waals surface area contributed by atoms with E-state index in [1.165, 1.54) is 10.9 Å². The summed E-state index contributed by atoms with van der Waals surface area (Å²) in [4.78, 5) is 10.1. The van der Waals surface area contributed by atoms with E-state index < -0.39 is 0 Å². The monoisotopic (exact) mass is 494 g/mol. The molecule has 0 atom stereocenters. The number of thiazole rings is 1. The Balaban J connectivity index is 0.00000312. The fourth-order valence-electron chi connectivity index (χ4n) is 2.20. The van der Waals surface area contributed by atoms with Gasteiger partial charge in [0.1, 0.15) is 5.82 Å². The summed E-state index contributed by atoms with van der Waals surface area (Å²) < 4.78 is 13.4. The van der Waals surface area contributed by atoms with Crippen molar-refractivity contribution in [1.82, 2.24) is 15.6 Å². The summed E-state index contributed by atoms with van der Waals surface area (Å²) >= 11 is 3.31. The molecular weight excluding hydrogens is 470 g/mol. The van der Waals surface area contributed by atoms with E-state index in [0.717, 1.165) is 35.1 Å². The van der Waals surface area contributed by atoms with Gasteiger partial charge in [0.15, 0.2) is 5.96 Å². The van der Waals surface area contributed by atoms with Crippen LogP contribution >= 0.6 is 47.1 Å². The number of thioether (sulfide) groups is 1. The Labute approximate surface area is 174 Å². The molecule has 0 unspecified atom stereocenters. The van der Waals surface area contributed by atoms with Crippen molar-refractivity contribution in [3.63, 3.8) is 0 Å². The Hall–Kier alpha value is -0.870. The Kier molecular flexibility index (Phi) is 10.4. The van der Waals surface area contributed by atoms with E-state index in [1.807, 2.05) is 31.7 Å². The lowest BCUT2D eigenvalue weighted by atomic mass is 10.1. The lowest BCUT2D eigenvalue weighted by Gasteiger charge is -2.12. The van der Waals surface area contributed by atoms with Crippen molar-refractivity contribution in [1.29, 1.82) is 0 Å². The maximum Gasteiger partial charge on any atom is 0.191 e. The average Bonchev–Trinajstić information content (AvgIpc) is 2.97. The summed E-state index contributed by atoms with van der Waals surface area (Å²) in [6.07, 6.45) is 2.01. The normalized spacial score (nSPS) is 11.1. The summed E-state index contributed by atoms with van der Waals surface area (Å²) in [6.45, 7) is 6.04. The van der Waals surface area contributed by atoms with E-state index in [9.17, 15) is 4.39 Å². The highest BCUT2D eigenvalue weighted by Gasteiger charge is 2.06. The molecule has 1 heterocycles. The third-order valence-electron chi connectivity index (χ3n) is 3.48. The lowest BCUT2D eigenvalue weighted by Crippen LogP contribution is -2.36. The number of rotatable bonds is 7. The minimum Gasteiger partial charge on any atom is -0.357 e. The molecule has 0 aliphatic heterocycles. The van der Waals surface area contributed by atoms with Gasteiger partial charge in [0.2, 0.25) is 0 Å². The second-order valence-electron chi connectivity index (χ2n) is 5.26. The zero-order valence-electron chi connectivity index (χ0n) is 14.6. The molecule has 0 radical (unpaired) electrons. The van der Waals surface area contributed by atoms with Crippen LogP contribution in [0, 0.1) is 12.7 Å². The van der Waals surface area contributed by atoms with E-state index in [4.69, 9.17) is 0 Å². The minimum atomic E-state index is -0.197. The average molecular weight is 494 g/mol. The summed E-state index contributed by atoms with van der Waals surface area (Å²) in [5.41, 5.74) is 4.95. The zero-order valence-corrected chi connectivity index (χ0v) is 18.6. The van der Waals surface area contributed by atoms with Crippen LogP contribution < -0.4 is 10.6 Å². The zero-order chi connectivity index (χ0) is 17.4. The molecule has 1 aromatic heterocycles. The van der Waals surface area contributed by atoms with Gasteiger partial charge in [-0.05, 0) is 43.4 Å². The van der Waals surface area contributed by atoms with Crippen molar-refractivity contribution in [2.75, 3.05) is 12.8 Å². The number of aromatic nitrogens is 1. The van der Waals surface area contributed by atoms with Gasteiger partial charge in [0.05, 0.1) is 24.3 Å². The van der Waals surface area contributed by atoms with Crippen LogP contribution in [0.1, 0.15) is 28.6 Å². The highest BCUT2D eigenvalue weighted by Crippen LogP contribution is 2.17. The molecule has 0 spiro atoms. The predicted octanol–water partition coefficient (Wildman–Crippen LogP) is 4.33. The van der Waals surface area contributed by atoms with Gasteiger partial charge in [-0.1, -0.05) is 6.07 Å². The Morgan fingerprint density at radius 1 is 1.32 bits per heavy atom. The number of aryl methyl sites for hydroxylation is 1. The number of guanidine groups is 1. The number of benzene rings is 1. The largest absolute Gasteiger partial charge is 0.357 e. The van der Waals surface area contributed by atoms with Crippen LogP contribution in [0.25, 0.3) is 0 Å². The molecule has 0 amide bonds. The molecule has 25 heavy (non-hydrogen) atoms. The first-order valence-electron chi connectivity index (χ1n) is 7.81. The summed E-state index contributed by atoms with van der Waals surface area (Å²) in [5, 5.41) is 6.57. The number of nitrogens with one attached hydrogen (secondary N) is 2. The van der Waals surface area contributed by atoms with Crippen LogP contribution in [0.4, 0.5) is 4.39 Å². The second kappa shape index (κ2) is 11.7. The van der Waals surface area contributed by atoms with Gasteiger partial charge < -0.3 is 10.6 Å². The molecule has 4 nitrogen and oxygen atoms in total. The van der Waals surface area contributed by atoms with Gasteiger partial charge in [-0.15, -0.1) is 35.3 Å². The molecule has 0 fully saturated rings. The summed E-state index contributed by atoms with van der Waals surface area (Å²) in [7, 11) is 0. The molecule has 0 bridgehead atoms. The van der Waals surface area contributed by atoms with Crippen molar-refractivity contribution in [3.05, 3.63) is 51.2 Å². The van der Waals surface area contributed by atoms with E-state index in [1.54, 1.807) is 29.2 Å². The first kappa shape index (κ1) is 22.2. The number of nitrogens with zero attached hydrogens (tertiary/aromatic N) is 2. The van der Waals surface area contributed by atoms with Crippen LogP contribution in [-0.4, -0.2) is 23.7 Å². The van der Waals surface area contributed by atoms with Gasteiger partial charge in [-0.3, -0.25) is 0 Å². The van der Waals surface area contributed by atoms with Crippen LogP contribution in [0.5, 0.6) is 0 Å².